The number of primary amides is 1. The molecule has 1 aromatic carbocycles. The molecule has 1 aromatic rings. The lowest BCUT2D eigenvalue weighted by molar-refractivity contribution is -0.719. The van der Waals surface area contributed by atoms with Gasteiger partial charge in [-0.05, 0) is 18.9 Å². The van der Waals surface area contributed by atoms with Crippen LogP contribution >= 0.6 is 0 Å². The molecule has 0 radical (unpaired) electrons. The second kappa shape index (κ2) is 8.54. The van der Waals surface area contributed by atoms with E-state index in [0.717, 1.165) is 12.8 Å². The Morgan fingerprint density at radius 1 is 1.18 bits per heavy atom. The minimum atomic E-state index is -0.810. The Hall–Kier alpha value is -1.88. The molecule has 5 nitrogen and oxygen atoms in total. The number of hydrogen-bond donors (Lipinski definition) is 3. The van der Waals surface area contributed by atoms with Gasteiger partial charge in [0.2, 0.25) is 0 Å². The van der Waals surface area contributed by atoms with Gasteiger partial charge in [-0.1, -0.05) is 51.5 Å². The van der Waals surface area contributed by atoms with Crippen LogP contribution in [0, 0.1) is 5.92 Å². The van der Waals surface area contributed by atoms with Crippen LogP contribution in [-0.2, 0) is 11.2 Å². The zero-order chi connectivity index (χ0) is 16.7. The van der Waals surface area contributed by atoms with Gasteiger partial charge in [-0.3, -0.25) is 10.1 Å². The Kier molecular flexibility index (Phi) is 7.05. The van der Waals surface area contributed by atoms with Crippen molar-refractivity contribution in [1.29, 1.82) is 0 Å². The van der Waals surface area contributed by atoms with E-state index in [2.05, 4.69) is 50.4 Å². The van der Waals surface area contributed by atoms with Crippen molar-refractivity contribution in [2.45, 2.75) is 52.6 Å². The zero-order valence-corrected chi connectivity index (χ0v) is 13.9. The molecule has 5 N–H and O–H groups in total. The quantitative estimate of drug-likeness (QED) is 0.712. The molecule has 0 saturated heterocycles. The number of rotatable bonds is 7. The summed E-state index contributed by atoms with van der Waals surface area (Å²) in [5.41, 5.74) is 7.51. The highest BCUT2D eigenvalue weighted by Gasteiger charge is 2.26. The van der Waals surface area contributed by atoms with Gasteiger partial charge in [-0.2, -0.15) is 0 Å². The summed E-state index contributed by atoms with van der Waals surface area (Å²) >= 11 is 0. The Labute approximate surface area is 132 Å². The van der Waals surface area contributed by atoms with E-state index in [4.69, 9.17) is 5.73 Å². The number of aryl methyl sites for hydroxylation is 1. The fourth-order valence-electron chi connectivity index (χ4n) is 2.55. The summed E-state index contributed by atoms with van der Waals surface area (Å²) in [6, 6.07) is 7.53. The van der Waals surface area contributed by atoms with Crippen molar-refractivity contribution in [2.24, 2.45) is 11.7 Å². The Morgan fingerprint density at radius 2 is 1.77 bits per heavy atom. The number of nitrogens with one attached hydrogen (secondary N) is 1. The molecule has 122 valence electrons. The number of imide groups is 1. The SMILES string of the molecule is CCCc1ccc([C@H]([NH2+][C@H](C)C(=O)NC(N)=O)C(C)C)cc1. The molecule has 0 fully saturated rings. The monoisotopic (exact) mass is 306 g/mol. The van der Waals surface area contributed by atoms with Crippen LogP contribution in [0.2, 0.25) is 0 Å². The number of urea groups is 1. The number of quaternary nitrogens is 1. The van der Waals surface area contributed by atoms with E-state index in [0.29, 0.717) is 5.92 Å². The Morgan fingerprint density at radius 3 is 2.23 bits per heavy atom. The summed E-state index contributed by atoms with van der Waals surface area (Å²) in [5.74, 6) is 0.00149. The van der Waals surface area contributed by atoms with Crippen molar-refractivity contribution in [3.05, 3.63) is 35.4 Å². The van der Waals surface area contributed by atoms with E-state index in [9.17, 15) is 9.59 Å². The Bertz CT molecular complexity index is 497. The molecular formula is C17H28N3O2+. The van der Waals surface area contributed by atoms with E-state index < -0.39 is 6.03 Å². The third-order valence-corrected chi connectivity index (χ3v) is 3.78. The number of nitrogens with two attached hydrogens (primary N) is 2. The molecule has 0 unspecified atom stereocenters. The topological polar surface area (TPSA) is 88.8 Å². The normalized spacial score (nSPS) is 13.7. The summed E-state index contributed by atoms with van der Waals surface area (Å²) in [6.07, 6.45) is 2.21. The maximum Gasteiger partial charge on any atom is 0.319 e. The second-order valence-electron chi connectivity index (χ2n) is 6.10. The predicted molar refractivity (Wildman–Crippen MR) is 87.1 cm³/mol. The van der Waals surface area contributed by atoms with E-state index >= 15 is 0 Å². The number of hydrogen-bond acceptors (Lipinski definition) is 2. The van der Waals surface area contributed by atoms with Crippen LogP contribution in [0.15, 0.2) is 24.3 Å². The molecule has 0 aliphatic carbocycles. The number of amides is 3. The zero-order valence-electron chi connectivity index (χ0n) is 13.9. The first-order chi connectivity index (χ1) is 10.3. The van der Waals surface area contributed by atoms with Gasteiger partial charge < -0.3 is 11.1 Å². The molecule has 0 aliphatic heterocycles. The standard InChI is InChI=1S/C17H27N3O2/c1-5-6-13-7-9-14(10-8-13)15(11(2)3)19-12(4)16(21)20-17(18)22/h7-12,15,19H,5-6H2,1-4H3,(H3,18,20,21,22)/p+1/t12-,15-/m1/s1. The highest BCUT2D eigenvalue weighted by molar-refractivity contribution is 5.95. The number of carbonyl (C=O) groups is 2. The predicted octanol–water partition coefficient (Wildman–Crippen LogP) is 1.48. The van der Waals surface area contributed by atoms with Crippen LogP contribution in [0.4, 0.5) is 4.79 Å². The minimum absolute atomic E-state index is 0.157. The van der Waals surface area contributed by atoms with Crippen LogP contribution in [-0.4, -0.2) is 18.0 Å². The summed E-state index contributed by atoms with van der Waals surface area (Å²) in [4.78, 5) is 22.6. The smallest absolute Gasteiger partial charge is 0.319 e. The van der Waals surface area contributed by atoms with Crippen molar-refractivity contribution in [1.82, 2.24) is 5.32 Å². The summed E-state index contributed by atoms with van der Waals surface area (Å²) in [7, 11) is 0. The first-order valence-electron chi connectivity index (χ1n) is 7.89. The van der Waals surface area contributed by atoms with E-state index in [-0.39, 0.29) is 18.0 Å². The van der Waals surface area contributed by atoms with Crippen LogP contribution in [0.3, 0.4) is 0 Å². The molecule has 0 aromatic heterocycles. The van der Waals surface area contributed by atoms with Gasteiger partial charge in [-0.25, -0.2) is 4.79 Å². The van der Waals surface area contributed by atoms with Crippen molar-refractivity contribution >= 4 is 11.9 Å². The summed E-state index contributed by atoms with van der Waals surface area (Å²) < 4.78 is 0. The molecule has 2 atom stereocenters. The van der Waals surface area contributed by atoms with Crippen molar-refractivity contribution in [3.8, 4) is 0 Å². The van der Waals surface area contributed by atoms with Crippen molar-refractivity contribution in [3.63, 3.8) is 0 Å². The van der Waals surface area contributed by atoms with Crippen LogP contribution in [0.25, 0.3) is 0 Å². The van der Waals surface area contributed by atoms with Gasteiger partial charge in [0.05, 0.1) is 0 Å². The molecule has 5 heteroatoms. The van der Waals surface area contributed by atoms with Crippen LogP contribution in [0.1, 0.15) is 51.3 Å². The number of benzene rings is 1. The maximum absolute atomic E-state index is 11.8. The minimum Gasteiger partial charge on any atom is -0.351 e. The molecule has 0 saturated carbocycles. The highest BCUT2D eigenvalue weighted by atomic mass is 16.2. The summed E-state index contributed by atoms with van der Waals surface area (Å²) in [5, 5.41) is 4.12. The first kappa shape index (κ1) is 18.2. The maximum atomic E-state index is 11.8. The molecule has 0 heterocycles. The highest BCUT2D eigenvalue weighted by Crippen LogP contribution is 2.19. The second-order valence-corrected chi connectivity index (χ2v) is 6.10. The first-order valence-corrected chi connectivity index (χ1v) is 7.89. The van der Waals surface area contributed by atoms with Crippen molar-refractivity contribution in [2.75, 3.05) is 0 Å². The Balaban J connectivity index is 2.80. The van der Waals surface area contributed by atoms with E-state index in [1.165, 1.54) is 11.1 Å². The van der Waals surface area contributed by atoms with E-state index in [1.54, 1.807) is 6.92 Å². The van der Waals surface area contributed by atoms with Gasteiger partial charge >= 0.3 is 6.03 Å². The molecule has 0 bridgehead atoms. The van der Waals surface area contributed by atoms with Gasteiger partial charge in [0, 0.05) is 11.5 Å². The fourth-order valence-corrected chi connectivity index (χ4v) is 2.55. The van der Waals surface area contributed by atoms with Gasteiger partial charge in [-0.15, -0.1) is 0 Å². The molecule has 1 rings (SSSR count). The molecular weight excluding hydrogens is 278 g/mol. The van der Waals surface area contributed by atoms with Gasteiger partial charge in [0.15, 0.2) is 6.04 Å². The lowest BCUT2D eigenvalue weighted by Crippen LogP contribution is -2.93. The van der Waals surface area contributed by atoms with E-state index in [1.807, 2.05) is 5.32 Å². The van der Waals surface area contributed by atoms with Gasteiger partial charge in [0.25, 0.3) is 5.91 Å². The average molecular weight is 306 g/mol. The summed E-state index contributed by atoms with van der Waals surface area (Å²) in [6.45, 7) is 8.19. The van der Waals surface area contributed by atoms with Crippen molar-refractivity contribution < 1.29 is 14.9 Å². The molecule has 22 heavy (non-hydrogen) atoms. The largest absolute Gasteiger partial charge is 0.351 e. The molecule has 0 aliphatic rings. The van der Waals surface area contributed by atoms with Crippen LogP contribution in [0.5, 0.6) is 0 Å². The lowest BCUT2D eigenvalue weighted by Gasteiger charge is -2.23. The van der Waals surface area contributed by atoms with Gasteiger partial charge in [0.1, 0.15) is 6.04 Å². The third kappa shape index (κ3) is 5.48. The third-order valence-electron chi connectivity index (χ3n) is 3.78. The lowest BCUT2D eigenvalue weighted by atomic mass is 9.94. The number of carbonyl (C=O) groups excluding carboxylic acids is 2. The van der Waals surface area contributed by atoms with Crippen LogP contribution < -0.4 is 16.4 Å². The average Bonchev–Trinajstić information content (AvgIpc) is 2.44. The molecule has 3 amide bonds. The molecule has 0 spiro atoms. The fraction of sp³-hybridized carbons (Fsp3) is 0.529.